The predicted molar refractivity (Wildman–Crippen MR) is 69.8 cm³/mol. The van der Waals surface area contributed by atoms with E-state index < -0.39 is 18.3 Å². The van der Waals surface area contributed by atoms with Crippen molar-refractivity contribution in [2.75, 3.05) is 0 Å². The summed E-state index contributed by atoms with van der Waals surface area (Å²) in [6, 6.07) is 4.90. The minimum absolute atomic E-state index is 0.308. The Kier molecular flexibility index (Phi) is 3.13. The summed E-state index contributed by atoms with van der Waals surface area (Å²) in [5.74, 6) is -0.308. The van der Waals surface area contributed by atoms with Crippen molar-refractivity contribution in [3.63, 3.8) is 0 Å². The van der Waals surface area contributed by atoms with Crippen LogP contribution in [0, 0.1) is 5.82 Å². The molecule has 0 amide bonds. The van der Waals surface area contributed by atoms with Crippen LogP contribution in [0.1, 0.15) is 27.7 Å². The zero-order chi connectivity index (χ0) is 12.8. The molecule has 0 saturated carbocycles. The highest BCUT2D eigenvalue weighted by Crippen LogP contribution is 2.36. The number of hydrogen-bond acceptors (Lipinski definition) is 2. The summed E-state index contributed by atoms with van der Waals surface area (Å²) in [5.41, 5.74) is -0.105. The maximum atomic E-state index is 13.5. The van der Waals surface area contributed by atoms with Gasteiger partial charge < -0.3 is 9.31 Å². The van der Waals surface area contributed by atoms with Crippen molar-refractivity contribution in [1.29, 1.82) is 0 Å². The van der Waals surface area contributed by atoms with Gasteiger partial charge in [0, 0.05) is 0 Å². The number of rotatable bonds is 1. The van der Waals surface area contributed by atoms with E-state index in [0.717, 1.165) is 0 Å². The molecule has 0 N–H and O–H groups in total. The van der Waals surface area contributed by atoms with Gasteiger partial charge in [-0.1, -0.05) is 6.07 Å². The van der Waals surface area contributed by atoms with Gasteiger partial charge >= 0.3 is 7.12 Å². The summed E-state index contributed by atoms with van der Waals surface area (Å²) in [7, 11) is -0.511. The van der Waals surface area contributed by atoms with Gasteiger partial charge in [0.1, 0.15) is 5.82 Å². The first-order chi connectivity index (χ1) is 7.73. The van der Waals surface area contributed by atoms with Crippen molar-refractivity contribution in [3.8, 4) is 0 Å². The predicted octanol–water partition coefficient (Wildman–Crippen LogP) is 2.89. The van der Waals surface area contributed by atoms with E-state index in [9.17, 15) is 4.39 Å². The molecule has 2 rings (SSSR count). The lowest BCUT2D eigenvalue weighted by Gasteiger charge is -2.32. The van der Waals surface area contributed by atoms with Crippen molar-refractivity contribution >= 4 is 28.5 Å². The van der Waals surface area contributed by atoms with E-state index in [0.29, 0.717) is 9.94 Å². The Morgan fingerprint density at radius 1 is 1.12 bits per heavy atom. The van der Waals surface area contributed by atoms with E-state index in [-0.39, 0.29) is 5.82 Å². The molecule has 0 spiro atoms. The number of halogens is 2. The number of benzene rings is 1. The largest absolute Gasteiger partial charge is 0.494 e. The van der Waals surface area contributed by atoms with Crippen LogP contribution >= 0.6 is 15.9 Å². The van der Waals surface area contributed by atoms with Gasteiger partial charge in [-0.05, 0) is 61.2 Å². The molecule has 0 aliphatic carbocycles. The third kappa shape index (κ3) is 2.28. The maximum Gasteiger partial charge on any atom is 0.494 e. The Balaban J connectivity index is 2.29. The average molecular weight is 301 g/mol. The Morgan fingerprint density at radius 2 is 1.65 bits per heavy atom. The summed E-state index contributed by atoms with van der Waals surface area (Å²) in [6.07, 6.45) is 0. The van der Waals surface area contributed by atoms with Gasteiger partial charge in [0.05, 0.1) is 15.7 Å². The molecule has 1 aromatic rings. The van der Waals surface area contributed by atoms with Gasteiger partial charge in [0.15, 0.2) is 0 Å². The second kappa shape index (κ2) is 4.07. The lowest BCUT2D eigenvalue weighted by molar-refractivity contribution is 0.00578. The monoisotopic (exact) mass is 300 g/mol. The molecule has 17 heavy (non-hydrogen) atoms. The van der Waals surface area contributed by atoms with Gasteiger partial charge in [0.2, 0.25) is 0 Å². The Labute approximate surface area is 110 Å². The zero-order valence-electron chi connectivity index (χ0n) is 10.4. The standard InChI is InChI=1S/C12H15BBrFO2/c1-11(2)12(3,4)17-13(16-11)8-5-6-9(14)10(15)7-8/h5-7H,1-4H3. The van der Waals surface area contributed by atoms with Crippen LogP contribution in [0.3, 0.4) is 0 Å². The highest BCUT2D eigenvalue weighted by Gasteiger charge is 2.51. The van der Waals surface area contributed by atoms with E-state index in [1.165, 1.54) is 6.07 Å². The van der Waals surface area contributed by atoms with Crippen LogP contribution in [0.4, 0.5) is 4.39 Å². The highest BCUT2D eigenvalue weighted by molar-refractivity contribution is 9.10. The van der Waals surface area contributed by atoms with Crippen LogP contribution in [0.15, 0.2) is 22.7 Å². The van der Waals surface area contributed by atoms with Crippen LogP contribution in [0.25, 0.3) is 0 Å². The fourth-order valence-corrected chi connectivity index (χ4v) is 1.88. The van der Waals surface area contributed by atoms with Crippen molar-refractivity contribution in [1.82, 2.24) is 0 Å². The molecule has 0 aromatic heterocycles. The molecule has 0 unspecified atom stereocenters. The first-order valence-electron chi connectivity index (χ1n) is 5.53. The number of hydrogen-bond donors (Lipinski definition) is 0. The summed E-state index contributed by atoms with van der Waals surface area (Å²) in [4.78, 5) is 0. The Hall–Kier alpha value is -0.385. The van der Waals surface area contributed by atoms with Crippen LogP contribution in [0.5, 0.6) is 0 Å². The SMILES string of the molecule is CC1(C)OB(c2ccc(Br)c(F)c2)OC1(C)C. The molecule has 1 heterocycles. The maximum absolute atomic E-state index is 13.5. The van der Waals surface area contributed by atoms with Gasteiger partial charge in [0.25, 0.3) is 0 Å². The zero-order valence-corrected chi connectivity index (χ0v) is 12.0. The van der Waals surface area contributed by atoms with Crippen LogP contribution < -0.4 is 5.46 Å². The summed E-state index contributed by atoms with van der Waals surface area (Å²) in [6.45, 7) is 7.90. The molecular formula is C12H15BBrFO2. The molecule has 1 saturated heterocycles. The fraction of sp³-hybridized carbons (Fsp3) is 0.500. The molecule has 0 radical (unpaired) electrons. The van der Waals surface area contributed by atoms with Crippen molar-refractivity contribution in [2.24, 2.45) is 0 Å². The molecule has 92 valence electrons. The van der Waals surface area contributed by atoms with E-state index in [1.54, 1.807) is 12.1 Å². The van der Waals surface area contributed by atoms with E-state index in [1.807, 2.05) is 27.7 Å². The highest BCUT2D eigenvalue weighted by atomic mass is 79.9. The third-order valence-corrected chi connectivity index (χ3v) is 4.11. The molecule has 1 aromatic carbocycles. The summed E-state index contributed by atoms with van der Waals surface area (Å²) in [5, 5.41) is 0. The smallest absolute Gasteiger partial charge is 0.399 e. The normalized spacial score (nSPS) is 21.9. The second-order valence-electron chi connectivity index (χ2n) is 5.26. The van der Waals surface area contributed by atoms with Crippen LogP contribution in [0.2, 0.25) is 0 Å². The fourth-order valence-electron chi connectivity index (χ4n) is 1.64. The molecular weight excluding hydrogens is 286 g/mol. The van der Waals surface area contributed by atoms with Gasteiger partial charge in [-0.15, -0.1) is 0 Å². The topological polar surface area (TPSA) is 18.5 Å². The molecule has 2 nitrogen and oxygen atoms in total. The lowest BCUT2D eigenvalue weighted by Crippen LogP contribution is -2.41. The van der Waals surface area contributed by atoms with Gasteiger partial charge in [-0.3, -0.25) is 0 Å². The minimum atomic E-state index is -0.511. The summed E-state index contributed by atoms with van der Waals surface area (Å²) < 4.78 is 25.6. The summed E-state index contributed by atoms with van der Waals surface area (Å²) >= 11 is 3.13. The Bertz CT molecular complexity index is 432. The van der Waals surface area contributed by atoms with Gasteiger partial charge in [-0.25, -0.2) is 4.39 Å². The van der Waals surface area contributed by atoms with E-state index in [4.69, 9.17) is 9.31 Å². The quantitative estimate of drug-likeness (QED) is 0.743. The van der Waals surface area contributed by atoms with Crippen LogP contribution in [-0.4, -0.2) is 18.3 Å². The van der Waals surface area contributed by atoms with Gasteiger partial charge in [-0.2, -0.15) is 0 Å². The Morgan fingerprint density at radius 3 is 2.12 bits per heavy atom. The molecule has 5 heteroatoms. The van der Waals surface area contributed by atoms with Crippen molar-refractivity contribution < 1.29 is 13.7 Å². The first kappa shape index (κ1) is 13.1. The molecule has 1 aliphatic heterocycles. The second-order valence-corrected chi connectivity index (χ2v) is 6.12. The molecule has 0 atom stereocenters. The molecule has 0 bridgehead atoms. The van der Waals surface area contributed by atoms with E-state index >= 15 is 0 Å². The minimum Gasteiger partial charge on any atom is -0.399 e. The molecule has 1 aliphatic rings. The van der Waals surface area contributed by atoms with Crippen molar-refractivity contribution in [2.45, 2.75) is 38.9 Å². The average Bonchev–Trinajstić information content (AvgIpc) is 2.41. The van der Waals surface area contributed by atoms with Crippen LogP contribution in [-0.2, 0) is 9.31 Å². The van der Waals surface area contributed by atoms with Crippen molar-refractivity contribution in [3.05, 3.63) is 28.5 Å². The lowest BCUT2D eigenvalue weighted by atomic mass is 9.79. The molecule has 1 fully saturated rings. The third-order valence-electron chi connectivity index (χ3n) is 3.47. The van der Waals surface area contributed by atoms with E-state index in [2.05, 4.69) is 15.9 Å². The first-order valence-corrected chi connectivity index (χ1v) is 6.33.